The Morgan fingerprint density at radius 2 is 1.84 bits per heavy atom. The number of hydrogen-bond acceptors (Lipinski definition) is 3. The number of nitrogens with zero attached hydrogens (tertiary/aromatic N) is 1. The molecule has 0 bridgehead atoms. The molecule has 0 spiro atoms. The maximum atomic E-state index is 9.94. The molecule has 1 aliphatic rings. The molecule has 1 aromatic carbocycles. The van der Waals surface area contributed by atoms with Gasteiger partial charge in [0, 0.05) is 0 Å². The summed E-state index contributed by atoms with van der Waals surface area (Å²) < 4.78 is 0. The molecule has 1 aromatic rings. The summed E-state index contributed by atoms with van der Waals surface area (Å²) in [5.74, 6) is 0. The van der Waals surface area contributed by atoms with E-state index in [9.17, 15) is 10.4 Å². The summed E-state index contributed by atoms with van der Waals surface area (Å²) in [4.78, 5) is 0. The number of nitrogens with one attached hydrogen (secondary N) is 1. The highest BCUT2D eigenvalue weighted by molar-refractivity contribution is 5.28. The lowest BCUT2D eigenvalue weighted by Gasteiger charge is -2.31. The van der Waals surface area contributed by atoms with E-state index in [2.05, 4.69) is 11.4 Å². The van der Waals surface area contributed by atoms with Crippen molar-refractivity contribution in [2.75, 3.05) is 13.1 Å². The van der Waals surface area contributed by atoms with Crippen LogP contribution in [0.3, 0.4) is 0 Å². The van der Waals surface area contributed by atoms with Crippen LogP contribution in [0.5, 0.6) is 0 Å². The molecule has 0 atom stereocenters. The summed E-state index contributed by atoms with van der Waals surface area (Å²) >= 11 is 0. The number of nitriles is 1. The fraction of sp³-hybridized carbons (Fsp3) is 0.562. The first-order valence-electron chi connectivity index (χ1n) is 6.89. The third-order valence-electron chi connectivity index (χ3n) is 4.00. The van der Waals surface area contributed by atoms with Crippen LogP contribution >= 0.6 is 0 Å². The molecule has 0 amide bonds. The molecule has 1 saturated heterocycles. The van der Waals surface area contributed by atoms with Gasteiger partial charge >= 0.3 is 0 Å². The third-order valence-corrected chi connectivity index (χ3v) is 4.00. The molecule has 2 N–H and O–H groups in total. The number of rotatable bonds is 3. The van der Waals surface area contributed by atoms with E-state index in [4.69, 9.17) is 0 Å². The van der Waals surface area contributed by atoms with Gasteiger partial charge < -0.3 is 10.4 Å². The Balaban J connectivity index is 2.13. The first-order chi connectivity index (χ1) is 8.95. The van der Waals surface area contributed by atoms with Crippen molar-refractivity contribution >= 4 is 0 Å². The van der Waals surface area contributed by atoms with Crippen molar-refractivity contribution in [1.82, 2.24) is 5.32 Å². The average molecular weight is 258 g/mol. The van der Waals surface area contributed by atoms with Gasteiger partial charge in [-0.15, -0.1) is 0 Å². The van der Waals surface area contributed by atoms with Crippen LogP contribution in [-0.4, -0.2) is 18.2 Å². The van der Waals surface area contributed by atoms with E-state index in [0.29, 0.717) is 0 Å². The van der Waals surface area contributed by atoms with Gasteiger partial charge in [0.05, 0.1) is 17.1 Å². The third kappa shape index (κ3) is 3.34. The first-order valence-corrected chi connectivity index (χ1v) is 6.89. The molecule has 0 saturated carbocycles. The van der Waals surface area contributed by atoms with Gasteiger partial charge in [-0.25, -0.2) is 0 Å². The highest BCUT2D eigenvalue weighted by Crippen LogP contribution is 2.32. The van der Waals surface area contributed by atoms with Crippen LogP contribution in [0.1, 0.15) is 37.8 Å². The Kier molecular flexibility index (Phi) is 3.93. The molecule has 3 nitrogen and oxygen atoms in total. The van der Waals surface area contributed by atoms with Crippen LogP contribution < -0.4 is 5.32 Å². The molecule has 2 rings (SSSR count). The highest BCUT2D eigenvalue weighted by atomic mass is 16.3. The van der Waals surface area contributed by atoms with E-state index in [1.165, 1.54) is 5.56 Å². The number of aliphatic hydroxyl groups is 1. The molecule has 1 fully saturated rings. The minimum absolute atomic E-state index is 0.221. The molecule has 1 heterocycles. The van der Waals surface area contributed by atoms with E-state index < -0.39 is 5.60 Å². The van der Waals surface area contributed by atoms with Crippen molar-refractivity contribution in [2.45, 2.75) is 38.7 Å². The molecule has 1 aliphatic heterocycles. The van der Waals surface area contributed by atoms with Crippen molar-refractivity contribution in [3.8, 4) is 6.07 Å². The zero-order valence-corrected chi connectivity index (χ0v) is 11.7. The van der Waals surface area contributed by atoms with Crippen LogP contribution in [0.25, 0.3) is 0 Å². The molecular weight excluding hydrogens is 236 g/mol. The van der Waals surface area contributed by atoms with Gasteiger partial charge in [-0.1, -0.05) is 24.3 Å². The van der Waals surface area contributed by atoms with Gasteiger partial charge in [0.15, 0.2) is 0 Å². The fourth-order valence-electron chi connectivity index (χ4n) is 2.65. The van der Waals surface area contributed by atoms with Crippen molar-refractivity contribution < 1.29 is 5.11 Å². The smallest absolute Gasteiger partial charge is 0.0840 e. The van der Waals surface area contributed by atoms with Gasteiger partial charge in [-0.2, -0.15) is 5.26 Å². The summed E-state index contributed by atoms with van der Waals surface area (Å²) in [6, 6.07) is 10.5. The lowest BCUT2D eigenvalue weighted by molar-refractivity contribution is 0.0786. The molecule has 19 heavy (non-hydrogen) atoms. The minimum Gasteiger partial charge on any atom is -0.386 e. The Morgan fingerprint density at radius 3 is 2.32 bits per heavy atom. The molecule has 102 valence electrons. The Bertz CT molecular complexity index is 459. The largest absolute Gasteiger partial charge is 0.386 e. The SMILES string of the molecule is CC(C)(O)c1ccc(CC2(C#N)CCNCC2)cc1. The minimum atomic E-state index is -0.805. The molecule has 0 unspecified atom stereocenters. The summed E-state index contributed by atoms with van der Waals surface area (Å²) in [6.07, 6.45) is 2.63. The standard InChI is InChI=1S/C16H22N2O/c1-15(2,19)14-5-3-13(4-6-14)11-16(12-17)7-9-18-10-8-16/h3-6,18-19H,7-11H2,1-2H3. The summed E-state index contributed by atoms with van der Waals surface area (Å²) in [5.41, 5.74) is 1.06. The van der Waals surface area contributed by atoms with Crippen molar-refractivity contribution in [3.63, 3.8) is 0 Å². The van der Waals surface area contributed by atoms with Crippen molar-refractivity contribution in [1.29, 1.82) is 5.26 Å². The Hall–Kier alpha value is -1.37. The van der Waals surface area contributed by atoms with Gasteiger partial charge in [0.2, 0.25) is 0 Å². The topological polar surface area (TPSA) is 56.0 Å². The Labute approximate surface area is 115 Å². The second-order valence-electron chi connectivity index (χ2n) is 6.07. The van der Waals surface area contributed by atoms with Gasteiger partial charge in [-0.05, 0) is 57.3 Å². The second-order valence-corrected chi connectivity index (χ2v) is 6.07. The maximum Gasteiger partial charge on any atom is 0.0840 e. The van der Waals surface area contributed by atoms with Crippen LogP contribution in [0.2, 0.25) is 0 Å². The van der Waals surface area contributed by atoms with Crippen molar-refractivity contribution in [2.24, 2.45) is 5.41 Å². The summed E-state index contributed by atoms with van der Waals surface area (Å²) in [5, 5.41) is 22.7. The number of hydrogen-bond donors (Lipinski definition) is 2. The number of piperidine rings is 1. The van der Waals surface area contributed by atoms with Gasteiger partial charge in [0.1, 0.15) is 0 Å². The highest BCUT2D eigenvalue weighted by Gasteiger charge is 2.32. The molecule has 0 aromatic heterocycles. The molecule has 0 radical (unpaired) electrons. The van der Waals surface area contributed by atoms with E-state index in [-0.39, 0.29) is 5.41 Å². The monoisotopic (exact) mass is 258 g/mol. The van der Waals surface area contributed by atoms with E-state index in [0.717, 1.165) is 37.9 Å². The summed E-state index contributed by atoms with van der Waals surface area (Å²) in [7, 11) is 0. The van der Waals surface area contributed by atoms with Gasteiger partial charge in [0.25, 0.3) is 0 Å². The quantitative estimate of drug-likeness (QED) is 0.875. The normalized spacial score (nSPS) is 18.8. The lowest BCUT2D eigenvalue weighted by Crippen LogP contribution is -2.37. The van der Waals surface area contributed by atoms with Crippen LogP contribution in [-0.2, 0) is 12.0 Å². The second kappa shape index (κ2) is 5.32. The predicted octanol–water partition coefficient (Wildman–Crippen LogP) is 2.35. The van der Waals surface area contributed by atoms with E-state index >= 15 is 0 Å². The van der Waals surface area contributed by atoms with E-state index in [1.807, 2.05) is 24.3 Å². The maximum absolute atomic E-state index is 9.94. The molecular formula is C16H22N2O. The first kappa shape index (κ1) is 14.0. The zero-order valence-electron chi connectivity index (χ0n) is 11.7. The molecule has 0 aliphatic carbocycles. The van der Waals surface area contributed by atoms with Crippen LogP contribution in [0.15, 0.2) is 24.3 Å². The van der Waals surface area contributed by atoms with Gasteiger partial charge in [-0.3, -0.25) is 0 Å². The summed E-state index contributed by atoms with van der Waals surface area (Å²) in [6.45, 7) is 5.42. The predicted molar refractivity (Wildman–Crippen MR) is 75.5 cm³/mol. The average Bonchev–Trinajstić information content (AvgIpc) is 2.39. The Morgan fingerprint density at radius 1 is 1.26 bits per heavy atom. The van der Waals surface area contributed by atoms with E-state index in [1.54, 1.807) is 13.8 Å². The fourth-order valence-corrected chi connectivity index (χ4v) is 2.65. The molecule has 3 heteroatoms. The zero-order chi connectivity index (χ0) is 13.9. The van der Waals surface area contributed by atoms with Crippen LogP contribution in [0, 0.1) is 16.7 Å². The number of benzene rings is 1. The lowest BCUT2D eigenvalue weighted by atomic mass is 9.75. The van der Waals surface area contributed by atoms with Crippen LogP contribution in [0.4, 0.5) is 0 Å². The van der Waals surface area contributed by atoms with Crippen molar-refractivity contribution in [3.05, 3.63) is 35.4 Å².